The number of aliphatic imine (C=N–C) groups is 1. The molecule has 1 heterocycles. The highest BCUT2D eigenvalue weighted by molar-refractivity contribution is 8.14. The molecule has 1 aliphatic rings. The largest absolute Gasteiger partial charge is 0.361 e. The molecule has 0 amide bonds. The Morgan fingerprint density at radius 3 is 2.84 bits per heavy atom. The van der Waals surface area contributed by atoms with E-state index in [1.165, 1.54) is 24.0 Å². The van der Waals surface area contributed by atoms with Crippen LogP contribution in [0.1, 0.15) is 37.8 Å². The zero-order chi connectivity index (χ0) is 13.7. The van der Waals surface area contributed by atoms with Gasteiger partial charge in [-0.3, -0.25) is 4.99 Å². The summed E-state index contributed by atoms with van der Waals surface area (Å²) < 4.78 is 0. The van der Waals surface area contributed by atoms with Crippen molar-refractivity contribution in [2.75, 3.05) is 6.54 Å². The molecule has 1 N–H and O–H groups in total. The summed E-state index contributed by atoms with van der Waals surface area (Å²) in [6, 6.07) is 8.64. The van der Waals surface area contributed by atoms with Crippen molar-refractivity contribution >= 4 is 16.9 Å². The maximum absolute atomic E-state index is 4.64. The molecule has 1 unspecified atom stereocenters. The fourth-order valence-electron chi connectivity index (χ4n) is 2.55. The lowest BCUT2D eigenvalue weighted by Gasteiger charge is -2.18. The Labute approximate surface area is 121 Å². The van der Waals surface area contributed by atoms with Crippen molar-refractivity contribution in [2.45, 2.75) is 45.4 Å². The summed E-state index contributed by atoms with van der Waals surface area (Å²) in [6.07, 6.45) is 2.52. The van der Waals surface area contributed by atoms with Crippen molar-refractivity contribution in [1.82, 2.24) is 5.32 Å². The third-order valence-electron chi connectivity index (χ3n) is 3.78. The number of benzene rings is 1. The molecule has 0 aliphatic carbocycles. The lowest BCUT2D eigenvalue weighted by Crippen LogP contribution is -2.21. The number of hydrogen-bond acceptors (Lipinski definition) is 3. The molecule has 104 valence electrons. The zero-order valence-corrected chi connectivity index (χ0v) is 13.0. The van der Waals surface area contributed by atoms with Crippen LogP contribution in [0.5, 0.6) is 0 Å². The molecule has 2 nitrogen and oxygen atoms in total. The third-order valence-corrected chi connectivity index (χ3v) is 5.11. The molecule has 19 heavy (non-hydrogen) atoms. The Morgan fingerprint density at radius 1 is 1.37 bits per heavy atom. The van der Waals surface area contributed by atoms with Crippen molar-refractivity contribution in [2.24, 2.45) is 10.9 Å². The number of hydrogen-bond donors (Lipinski definition) is 1. The number of nitrogens with one attached hydrogen (secondary N) is 1. The Kier molecular flexibility index (Phi) is 5.32. The van der Waals surface area contributed by atoms with Gasteiger partial charge >= 0.3 is 0 Å². The van der Waals surface area contributed by atoms with Crippen LogP contribution in [0.4, 0.5) is 0 Å². The fourth-order valence-corrected chi connectivity index (χ4v) is 3.87. The van der Waals surface area contributed by atoms with Crippen LogP contribution in [0.2, 0.25) is 0 Å². The molecule has 2 rings (SSSR count). The van der Waals surface area contributed by atoms with Crippen molar-refractivity contribution in [3.05, 3.63) is 35.4 Å². The van der Waals surface area contributed by atoms with Crippen LogP contribution in [0, 0.1) is 12.8 Å². The fraction of sp³-hybridized carbons (Fsp3) is 0.562. The smallest absolute Gasteiger partial charge is 0.157 e. The Hall–Kier alpha value is -0.960. The normalized spacial score (nSPS) is 18.7. The van der Waals surface area contributed by atoms with Gasteiger partial charge in [-0.2, -0.15) is 0 Å². The van der Waals surface area contributed by atoms with E-state index < -0.39 is 0 Å². The second-order valence-corrected chi connectivity index (χ2v) is 6.45. The van der Waals surface area contributed by atoms with Gasteiger partial charge in [0.1, 0.15) is 0 Å². The first-order chi connectivity index (χ1) is 9.22. The molecule has 0 fully saturated rings. The van der Waals surface area contributed by atoms with Crippen LogP contribution in [0.3, 0.4) is 0 Å². The van der Waals surface area contributed by atoms with E-state index in [1.54, 1.807) is 0 Å². The SMILES string of the molecule is CCC(CC)C1CN=C(NCc2cccc(C)c2)S1. The van der Waals surface area contributed by atoms with E-state index >= 15 is 0 Å². The van der Waals surface area contributed by atoms with Crippen LogP contribution in [-0.2, 0) is 6.54 Å². The Morgan fingerprint density at radius 2 is 2.16 bits per heavy atom. The highest BCUT2D eigenvalue weighted by Gasteiger charge is 2.25. The van der Waals surface area contributed by atoms with E-state index in [4.69, 9.17) is 0 Å². The van der Waals surface area contributed by atoms with Crippen LogP contribution in [0.15, 0.2) is 29.3 Å². The molecular weight excluding hydrogens is 252 g/mol. The topological polar surface area (TPSA) is 24.4 Å². The second-order valence-electron chi connectivity index (χ2n) is 5.22. The minimum absolute atomic E-state index is 0.676. The van der Waals surface area contributed by atoms with E-state index in [0.717, 1.165) is 24.2 Å². The molecule has 0 saturated heterocycles. The standard InChI is InChI=1S/C16H24N2S/c1-4-14(5-2)15-11-18-16(19-15)17-10-13-8-6-7-12(3)9-13/h6-9,14-15H,4-5,10-11H2,1-3H3,(H,17,18). The number of rotatable bonds is 5. The summed E-state index contributed by atoms with van der Waals surface area (Å²) in [5.74, 6) is 0.798. The van der Waals surface area contributed by atoms with E-state index in [2.05, 4.69) is 55.3 Å². The summed E-state index contributed by atoms with van der Waals surface area (Å²) in [5.41, 5.74) is 2.64. The Bertz CT molecular complexity index is 438. The second kappa shape index (κ2) is 6.99. The first-order valence-corrected chi connectivity index (χ1v) is 8.11. The highest BCUT2D eigenvalue weighted by atomic mass is 32.2. The third kappa shape index (κ3) is 4.00. The molecule has 3 heteroatoms. The molecule has 1 aromatic rings. The first kappa shape index (κ1) is 14.4. The van der Waals surface area contributed by atoms with E-state index in [0.29, 0.717) is 5.25 Å². The number of amidine groups is 1. The van der Waals surface area contributed by atoms with Gasteiger partial charge in [0.25, 0.3) is 0 Å². The van der Waals surface area contributed by atoms with E-state index in [9.17, 15) is 0 Å². The van der Waals surface area contributed by atoms with Gasteiger partial charge in [-0.25, -0.2) is 0 Å². The summed E-state index contributed by atoms with van der Waals surface area (Å²) in [4.78, 5) is 4.64. The molecule has 0 aromatic heterocycles. The average molecular weight is 276 g/mol. The predicted molar refractivity (Wildman–Crippen MR) is 85.8 cm³/mol. The van der Waals surface area contributed by atoms with Gasteiger partial charge in [0.2, 0.25) is 0 Å². The molecule has 0 bridgehead atoms. The average Bonchev–Trinajstić information content (AvgIpc) is 2.87. The van der Waals surface area contributed by atoms with Crippen molar-refractivity contribution < 1.29 is 0 Å². The van der Waals surface area contributed by atoms with Gasteiger partial charge in [-0.05, 0) is 18.4 Å². The summed E-state index contributed by atoms with van der Waals surface area (Å²) in [5, 5.41) is 5.27. The molecule has 1 aliphatic heterocycles. The lowest BCUT2D eigenvalue weighted by atomic mass is 9.99. The van der Waals surface area contributed by atoms with Gasteiger partial charge in [-0.1, -0.05) is 68.3 Å². The summed E-state index contributed by atoms with van der Waals surface area (Å²) in [7, 11) is 0. The van der Waals surface area contributed by atoms with Gasteiger partial charge in [0, 0.05) is 11.8 Å². The zero-order valence-electron chi connectivity index (χ0n) is 12.1. The maximum atomic E-state index is 4.64. The molecule has 0 spiro atoms. The molecule has 0 saturated carbocycles. The van der Waals surface area contributed by atoms with E-state index in [-0.39, 0.29) is 0 Å². The quantitative estimate of drug-likeness (QED) is 0.879. The van der Waals surface area contributed by atoms with Crippen LogP contribution < -0.4 is 5.32 Å². The minimum atomic E-state index is 0.676. The Balaban J connectivity index is 1.82. The van der Waals surface area contributed by atoms with Crippen molar-refractivity contribution in [3.8, 4) is 0 Å². The maximum Gasteiger partial charge on any atom is 0.157 e. The van der Waals surface area contributed by atoms with E-state index in [1.807, 2.05) is 11.8 Å². The molecule has 1 aromatic carbocycles. The molecular formula is C16H24N2S. The van der Waals surface area contributed by atoms with Crippen molar-refractivity contribution in [1.29, 1.82) is 0 Å². The minimum Gasteiger partial charge on any atom is -0.361 e. The van der Waals surface area contributed by atoms with Gasteiger partial charge in [0.15, 0.2) is 5.17 Å². The number of nitrogens with zero attached hydrogens (tertiary/aromatic N) is 1. The van der Waals surface area contributed by atoms with Crippen molar-refractivity contribution in [3.63, 3.8) is 0 Å². The summed E-state index contributed by atoms with van der Waals surface area (Å²) in [6.45, 7) is 8.56. The highest BCUT2D eigenvalue weighted by Crippen LogP contribution is 2.30. The summed E-state index contributed by atoms with van der Waals surface area (Å²) >= 11 is 1.93. The molecule has 0 radical (unpaired) electrons. The van der Waals surface area contributed by atoms with Crippen LogP contribution in [-0.4, -0.2) is 17.0 Å². The predicted octanol–water partition coefficient (Wildman–Crippen LogP) is 3.99. The van der Waals surface area contributed by atoms with Crippen LogP contribution in [0.25, 0.3) is 0 Å². The van der Waals surface area contributed by atoms with Gasteiger partial charge in [0.05, 0.1) is 6.54 Å². The number of aryl methyl sites for hydroxylation is 1. The monoisotopic (exact) mass is 276 g/mol. The first-order valence-electron chi connectivity index (χ1n) is 7.23. The van der Waals surface area contributed by atoms with Gasteiger partial charge in [-0.15, -0.1) is 0 Å². The van der Waals surface area contributed by atoms with Gasteiger partial charge < -0.3 is 5.32 Å². The number of thioether (sulfide) groups is 1. The van der Waals surface area contributed by atoms with Crippen LogP contribution >= 0.6 is 11.8 Å². The molecule has 1 atom stereocenters. The lowest BCUT2D eigenvalue weighted by molar-refractivity contribution is 0.479.